The lowest BCUT2D eigenvalue weighted by molar-refractivity contribution is -0.0824. The average molecular weight is 327 g/mol. The maximum atomic E-state index is 13.2. The smallest absolute Gasteiger partial charge is 0.256 e. The zero-order chi connectivity index (χ0) is 16.7. The van der Waals surface area contributed by atoms with Crippen LogP contribution in [-0.2, 0) is 4.74 Å². The van der Waals surface area contributed by atoms with E-state index in [1.807, 2.05) is 17.0 Å². The molecule has 6 heteroatoms. The number of aromatic nitrogens is 2. The van der Waals surface area contributed by atoms with Crippen molar-refractivity contribution in [2.24, 2.45) is 0 Å². The van der Waals surface area contributed by atoms with Gasteiger partial charge in [0, 0.05) is 26.0 Å². The van der Waals surface area contributed by atoms with Gasteiger partial charge in [-0.2, -0.15) is 0 Å². The van der Waals surface area contributed by atoms with Crippen molar-refractivity contribution in [1.82, 2.24) is 14.9 Å². The van der Waals surface area contributed by atoms with Gasteiger partial charge in [-0.05, 0) is 37.8 Å². The van der Waals surface area contributed by atoms with Gasteiger partial charge in [0.25, 0.3) is 5.91 Å². The molecule has 24 heavy (non-hydrogen) atoms. The molecular formula is C18H21N3O3. The van der Waals surface area contributed by atoms with Crippen LogP contribution in [0.3, 0.4) is 0 Å². The lowest BCUT2D eigenvalue weighted by Crippen LogP contribution is -2.52. The van der Waals surface area contributed by atoms with Gasteiger partial charge in [0.15, 0.2) is 0 Å². The first-order valence-electron chi connectivity index (χ1n) is 8.38. The molecule has 2 heterocycles. The number of rotatable bonds is 2. The molecule has 1 aliphatic heterocycles. The molecule has 2 aromatic rings. The van der Waals surface area contributed by atoms with Crippen LogP contribution in [0, 0.1) is 0 Å². The number of nitrogens with zero attached hydrogens (tertiary/aromatic N) is 3. The SMILES string of the molecule is CO[C@@]12CC[C@H](O)C[C@@H]1N(C(=O)c1cccc3nccnc13)CC2. The Hall–Kier alpha value is -2.05. The van der Waals surface area contributed by atoms with Gasteiger partial charge in [0.2, 0.25) is 0 Å². The van der Waals surface area contributed by atoms with E-state index in [4.69, 9.17) is 4.74 Å². The van der Waals surface area contributed by atoms with Crippen molar-refractivity contribution in [3.8, 4) is 0 Å². The lowest BCUT2D eigenvalue weighted by Gasteiger charge is -2.42. The Kier molecular flexibility index (Phi) is 3.73. The highest BCUT2D eigenvalue weighted by atomic mass is 16.5. The highest BCUT2D eigenvalue weighted by molar-refractivity contribution is 6.04. The number of hydrogen-bond donors (Lipinski definition) is 1. The number of hydrogen-bond acceptors (Lipinski definition) is 5. The number of amides is 1. The van der Waals surface area contributed by atoms with E-state index in [2.05, 4.69) is 9.97 Å². The summed E-state index contributed by atoms with van der Waals surface area (Å²) in [7, 11) is 1.71. The van der Waals surface area contributed by atoms with Gasteiger partial charge < -0.3 is 14.7 Å². The Labute approximate surface area is 140 Å². The number of aliphatic hydroxyl groups is 1. The van der Waals surface area contributed by atoms with Crippen molar-refractivity contribution in [2.75, 3.05) is 13.7 Å². The number of likely N-dealkylation sites (tertiary alicyclic amines) is 1. The van der Waals surface area contributed by atoms with Gasteiger partial charge in [-0.15, -0.1) is 0 Å². The number of fused-ring (bicyclic) bond motifs is 2. The maximum Gasteiger partial charge on any atom is 0.256 e. The summed E-state index contributed by atoms with van der Waals surface area (Å²) in [6.07, 6.45) is 5.74. The summed E-state index contributed by atoms with van der Waals surface area (Å²) in [4.78, 5) is 23.7. The van der Waals surface area contributed by atoms with E-state index in [9.17, 15) is 9.90 Å². The van der Waals surface area contributed by atoms with Gasteiger partial charge >= 0.3 is 0 Å². The van der Waals surface area contributed by atoms with E-state index in [-0.39, 0.29) is 23.7 Å². The molecule has 2 aliphatic rings. The first-order chi connectivity index (χ1) is 11.6. The second-order valence-corrected chi connectivity index (χ2v) is 6.69. The van der Waals surface area contributed by atoms with Crippen LogP contribution in [0.1, 0.15) is 36.0 Å². The van der Waals surface area contributed by atoms with E-state index in [0.717, 1.165) is 19.3 Å². The monoisotopic (exact) mass is 327 g/mol. The van der Waals surface area contributed by atoms with Crippen molar-refractivity contribution in [3.05, 3.63) is 36.2 Å². The number of benzene rings is 1. The molecule has 1 aromatic carbocycles. The zero-order valence-corrected chi connectivity index (χ0v) is 13.7. The molecule has 4 rings (SSSR count). The number of carbonyl (C=O) groups is 1. The molecule has 6 nitrogen and oxygen atoms in total. The number of carbonyl (C=O) groups excluding carboxylic acids is 1. The van der Waals surface area contributed by atoms with Gasteiger partial charge in [-0.25, -0.2) is 0 Å². The van der Waals surface area contributed by atoms with E-state index >= 15 is 0 Å². The van der Waals surface area contributed by atoms with E-state index in [1.165, 1.54) is 0 Å². The molecule has 0 radical (unpaired) electrons. The number of methoxy groups -OCH3 is 1. The third kappa shape index (κ3) is 2.29. The summed E-state index contributed by atoms with van der Waals surface area (Å²) in [5.74, 6) is -0.0564. The van der Waals surface area contributed by atoms with Crippen LogP contribution >= 0.6 is 0 Å². The minimum atomic E-state index is -0.376. The Bertz CT molecular complexity index is 776. The Morgan fingerprint density at radius 2 is 2.17 bits per heavy atom. The minimum Gasteiger partial charge on any atom is -0.393 e. The van der Waals surface area contributed by atoms with Crippen molar-refractivity contribution in [3.63, 3.8) is 0 Å². The molecule has 1 aliphatic carbocycles. The highest BCUT2D eigenvalue weighted by Crippen LogP contribution is 2.43. The first-order valence-corrected chi connectivity index (χ1v) is 8.38. The van der Waals surface area contributed by atoms with Crippen LogP contribution in [0.5, 0.6) is 0 Å². The van der Waals surface area contributed by atoms with Gasteiger partial charge in [0.05, 0.1) is 28.8 Å². The Morgan fingerprint density at radius 1 is 1.33 bits per heavy atom. The predicted molar refractivity (Wildman–Crippen MR) is 88.6 cm³/mol. The third-order valence-electron chi connectivity index (χ3n) is 5.55. The standard InChI is InChI=1S/C18H21N3O3/c1-24-18-6-5-12(22)11-15(18)21(10-7-18)17(23)13-3-2-4-14-16(13)20-9-8-19-14/h2-4,8-9,12,15,22H,5-7,10-11H2,1H3/t12-,15-,18+/m0/s1. The first kappa shape index (κ1) is 15.5. The van der Waals surface area contributed by atoms with E-state index in [0.29, 0.717) is 29.6 Å². The number of aliphatic hydroxyl groups excluding tert-OH is 1. The van der Waals surface area contributed by atoms with Gasteiger partial charge in [-0.3, -0.25) is 14.8 Å². The van der Waals surface area contributed by atoms with Crippen molar-refractivity contribution >= 4 is 16.9 Å². The van der Waals surface area contributed by atoms with Gasteiger partial charge in [0.1, 0.15) is 5.52 Å². The molecular weight excluding hydrogens is 306 g/mol. The molecule has 0 unspecified atom stereocenters. The quantitative estimate of drug-likeness (QED) is 0.910. The summed E-state index contributed by atoms with van der Waals surface area (Å²) in [6.45, 7) is 0.640. The average Bonchev–Trinajstić information content (AvgIpc) is 3.00. The number of para-hydroxylation sites is 1. The van der Waals surface area contributed by atoms with Crippen LogP contribution in [0.25, 0.3) is 11.0 Å². The van der Waals surface area contributed by atoms with Crippen LogP contribution in [0.15, 0.2) is 30.6 Å². The minimum absolute atomic E-state index is 0.0564. The molecule has 1 N–H and O–H groups in total. The molecule has 0 bridgehead atoms. The second-order valence-electron chi connectivity index (χ2n) is 6.69. The van der Waals surface area contributed by atoms with Crippen LogP contribution in [0.4, 0.5) is 0 Å². The normalized spacial score (nSPS) is 29.7. The fourth-order valence-electron chi connectivity index (χ4n) is 4.24. The Balaban J connectivity index is 1.71. The molecule has 3 atom stereocenters. The molecule has 0 spiro atoms. The van der Waals surface area contributed by atoms with Crippen LogP contribution in [0.2, 0.25) is 0 Å². The molecule has 126 valence electrons. The van der Waals surface area contributed by atoms with Crippen molar-refractivity contribution in [1.29, 1.82) is 0 Å². The van der Waals surface area contributed by atoms with E-state index < -0.39 is 0 Å². The fourth-order valence-corrected chi connectivity index (χ4v) is 4.24. The van der Waals surface area contributed by atoms with Crippen LogP contribution in [-0.4, -0.2) is 57.3 Å². The molecule has 1 saturated heterocycles. The largest absolute Gasteiger partial charge is 0.393 e. The van der Waals surface area contributed by atoms with E-state index in [1.54, 1.807) is 25.6 Å². The summed E-state index contributed by atoms with van der Waals surface area (Å²) in [5.41, 5.74) is 1.57. The maximum absolute atomic E-state index is 13.2. The lowest BCUT2D eigenvalue weighted by atomic mass is 9.79. The third-order valence-corrected chi connectivity index (χ3v) is 5.55. The molecule has 2 fully saturated rings. The summed E-state index contributed by atoms with van der Waals surface area (Å²) >= 11 is 0. The van der Waals surface area contributed by atoms with Crippen molar-refractivity contribution < 1.29 is 14.6 Å². The summed E-state index contributed by atoms with van der Waals surface area (Å²) in [6, 6.07) is 5.39. The topological polar surface area (TPSA) is 75.6 Å². The molecule has 1 aromatic heterocycles. The predicted octanol–water partition coefficient (Wildman–Crippen LogP) is 1.77. The summed E-state index contributed by atoms with van der Waals surface area (Å²) < 4.78 is 5.82. The molecule has 1 saturated carbocycles. The highest BCUT2D eigenvalue weighted by Gasteiger charge is 2.52. The second kappa shape index (κ2) is 5.79. The van der Waals surface area contributed by atoms with Gasteiger partial charge in [-0.1, -0.05) is 6.07 Å². The van der Waals surface area contributed by atoms with Crippen LogP contribution < -0.4 is 0 Å². The Morgan fingerprint density at radius 3 is 3.00 bits per heavy atom. The van der Waals surface area contributed by atoms with Crippen molar-refractivity contribution in [2.45, 2.75) is 43.4 Å². The fraction of sp³-hybridized carbons (Fsp3) is 0.500. The zero-order valence-electron chi connectivity index (χ0n) is 13.7. The number of ether oxygens (including phenoxy) is 1. The molecule has 1 amide bonds. The summed E-state index contributed by atoms with van der Waals surface area (Å²) in [5, 5.41) is 10.1.